The number of aryl methyl sites for hydroxylation is 1. The van der Waals surface area contributed by atoms with E-state index in [0.717, 1.165) is 16.0 Å². The highest BCUT2D eigenvalue weighted by atomic mass is 19.1. The second kappa shape index (κ2) is 10.3. The molecule has 0 aliphatic carbocycles. The van der Waals surface area contributed by atoms with E-state index >= 15 is 0 Å². The molecule has 2 heterocycles. The van der Waals surface area contributed by atoms with Crippen LogP contribution < -0.4 is 9.97 Å². The zero-order valence-electron chi connectivity index (χ0n) is 18.5. The van der Waals surface area contributed by atoms with E-state index in [1.807, 2.05) is 25.1 Å². The van der Waals surface area contributed by atoms with Crippen LogP contribution in [0.3, 0.4) is 0 Å². The molecular weight excluding hydrogens is 436 g/mol. The highest BCUT2D eigenvalue weighted by Gasteiger charge is 2.41. The Morgan fingerprint density at radius 1 is 1.30 bits per heavy atom. The van der Waals surface area contributed by atoms with E-state index in [-0.39, 0.29) is 26.1 Å². The minimum absolute atomic E-state index is 0.0281. The average Bonchev–Trinajstić information content (AvgIpc) is 2.76. The second-order valence-electron chi connectivity index (χ2n) is 8.31. The number of hydrogen-bond donors (Lipinski definition) is 3. The third-order valence-corrected chi connectivity index (χ3v) is 5.90. The van der Waals surface area contributed by atoms with Gasteiger partial charge in [-0.05, 0) is 31.4 Å². The number of carbonyl (C=O) groups excluding carboxylic acids is 4. The molecule has 0 spiro atoms. The van der Waals surface area contributed by atoms with E-state index < -0.39 is 55.4 Å². The number of hydrogen-bond acceptors (Lipinski definition) is 7. The number of nitrogens with zero attached hydrogens (tertiary/aromatic N) is 2. The van der Waals surface area contributed by atoms with Crippen LogP contribution in [0.15, 0.2) is 18.2 Å². The molecule has 0 unspecified atom stereocenters. The Balaban J connectivity index is 1.65. The molecule has 3 atom stereocenters. The number of benzene rings is 1. The Bertz CT molecular complexity index is 944. The average molecular weight is 463 g/mol. The number of Topliss-reactive ketones (excluding diaryl/α,β-unsaturated/α-hetero) is 1. The normalized spacial score (nSPS) is 20.2. The molecule has 2 aliphatic heterocycles. The Kier molecular flexibility index (Phi) is 7.70. The standard InChI is InChI=1S/C21H27BFN3O7/c1-12-4-3-5-14-10-15(22(32)33-18(12)14)11-16(28)17(13(2)27)24-21(31)26-9-8-25(7-6-23)19(29)20(26)30/h3-5,13,15,17,27,32H,6-11H2,1-2H3,(H,24,31)/t13-,15-,17-/m1/s1. The van der Waals surface area contributed by atoms with Crippen LogP contribution in [0.25, 0.3) is 0 Å². The number of carbonyl (C=O) groups is 4. The van der Waals surface area contributed by atoms with Gasteiger partial charge in [0.2, 0.25) is 0 Å². The summed E-state index contributed by atoms with van der Waals surface area (Å²) in [6.45, 7) is 1.90. The Labute approximate surface area is 190 Å². The van der Waals surface area contributed by atoms with Crippen LogP contribution in [0, 0.1) is 6.92 Å². The van der Waals surface area contributed by atoms with Gasteiger partial charge >= 0.3 is 25.0 Å². The molecule has 1 saturated heterocycles. The van der Waals surface area contributed by atoms with Crippen LogP contribution in [0.4, 0.5) is 9.18 Å². The van der Waals surface area contributed by atoms with Gasteiger partial charge in [-0.25, -0.2) is 9.18 Å². The van der Waals surface area contributed by atoms with E-state index in [0.29, 0.717) is 17.1 Å². The summed E-state index contributed by atoms with van der Waals surface area (Å²) in [5.41, 5.74) is 1.70. The van der Waals surface area contributed by atoms with Crippen LogP contribution >= 0.6 is 0 Å². The molecule has 4 amide bonds. The molecule has 0 saturated carbocycles. The molecule has 178 valence electrons. The topological polar surface area (TPSA) is 136 Å². The molecule has 3 rings (SSSR count). The molecule has 3 N–H and O–H groups in total. The fourth-order valence-electron chi connectivity index (χ4n) is 4.07. The summed E-state index contributed by atoms with van der Waals surface area (Å²) in [6, 6.07) is 3.16. The molecule has 1 aromatic carbocycles. The molecule has 2 aliphatic rings. The van der Waals surface area contributed by atoms with Gasteiger partial charge in [0, 0.05) is 31.9 Å². The molecular formula is C21H27BFN3O7. The molecule has 10 nitrogen and oxygen atoms in total. The predicted octanol–water partition coefficient (Wildman–Crippen LogP) is -0.161. The number of urea groups is 1. The summed E-state index contributed by atoms with van der Waals surface area (Å²) < 4.78 is 18.1. The van der Waals surface area contributed by atoms with E-state index in [9.17, 15) is 33.7 Å². The van der Waals surface area contributed by atoms with Gasteiger partial charge < -0.3 is 25.0 Å². The Morgan fingerprint density at radius 2 is 2.03 bits per heavy atom. The quantitative estimate of drug-likeness (QED) is 0.378. The first-order valence-electron chi connectivity index (χ1n) is 10.7. The van der Waals surface area contributed by atoms with Gasteiger partial charge in [-0.1, -0.05) is 18.2 Å². The van der Waals surface area contributed by atoms with Crippen molar-refractivity contribution in [1.82, 2.24) is 15.1 Å². The van der Waals surface area contributed by atoms with Gasteiger partial charge in [0.1, 0.15) is 18.5 Å². The number of alkyl halides is 1. The SMILES string of the molecule is Cc1cccc2c1OB(O)[C@@H](CC(=O)[C@H](NC(=O)N1CCN(CCF)C(=O)C1=O)[C@@H](C)O)C2. The van der Waals surface area contributed by atoms with Gasteiger partial charge in [-0.3, -0.25) is 19.3 Å². The van der Waals surface area contributed by atoms with Crippen LogP contribution in [-0.4, -0.2) is 89.1 Å². The van der Waals surface area contributed by atoms with Crippen LogP contribution in [0.2, 0.25) is 5.82 Å². The summed E-state index contributed by atoms with van der Waals surface area (Å²) in [4.78, 5) is 51.4. The van der Waals surface area contributed by atoms with Crippen molar-refractivity contribution < 1.29 is 38.4 Å². The van der Waals surface area contributed by atoms with Crippen molar-refractivity contribution >= 4 is 30.7 Å². The molecule has 33 heavy (non-hydrogen) atoms. The summed E-state index contributed by atoms with van der Waals surface area (Å²) in [5, 5.41) is 22.8. The number of para-hydroxylation sites is 1. The van der Waals surface area contributed by atoms with Gasteiger partial charge in [0.05, 0.1) is 6.10 Å². The fraction of sp³-hybridized carbons (Fsp3) is 0.524. The first-order valence-corrected chi connectivity index (χ1v) is 10.7. The lowest BCUT2D eigenvalue weighted by Gasteiger charge is -2.33. The zero-order chi connectivity index (χ0) is 24.3. The number of nitrogens with one attached hydrogen (secondary N) is 1. The number of aliphatic hydroxyl groups excluding tert-OH is 1. The van der Waals surface area contributed by atoms with Crippen molar-refractivity contribution in [2.75, 3.05) is 26.3 Å². The van der Waals surface area contributed by atoms with Crippen molar-refractivity contribution in [3.8, 4) is 5.75 Å². The lowest BCUT2D eigenvalue weighted by Crippen LogP contribution is -2.61. The van der Waals surface area contributed by atoms with E-state index in [4.69, 9.17) is 4.65 Å². The zero-order valence-corrected chi connectivity index (χ0v) is 18.5. The molecule has 0 aromatic heterocycles. The first kappa shape index (κ1) is 24.7. The lowest BCUT2D eigenvalue weighted by molar-refractivity contribution is -0.153. The predicted molar refractivity (Wildman–Crippen MR) is 115 cm³/mol. The largest absolute Gasteiger partial charge is 0.536 e. The number of rotatable bonds is 7. The lowest BCUT2D eigenvalue weighted by atomic mass is 9.64. The number of halogens is 1. The number of piperazine rings is 1. The highest BCUT2D eigenvalue weighted by Crippen LogP contribution is 2.36. The molecule has 12 heteroatoms. The summed E-state index contributed by atoms with van der Waals surface area (Å²) in [6.07, 6.45) is -1.12. The molecule has 1 fully saturated rings. The molecule has 0 radical (unpaired) electrons. The number of fused-ring (bicyclic) bond motifs is 1. The fourth-order valence-corrected chi connectivity index (χ4v) is 4.07. The van der Waals surface area contributed by atoms with Gasteiger partial charge in [0.15, 0.2) is 5.78 Å². The first-order chi connectivity index (χ1) is 15.6. The Hall–Kier alpha value is -2.99. The summed E-state index contributed by atoms with van der Waals surface area (Å²) >= 11 is 0. The minimum Gasteiger partial charge on any atom is -0.536 e. The second-order valence-corrected chi connectivity index (χ2v) is 8.31. The minimum atomic E-state index is -1.37. The maximum Gasteiger partial charge on any atom is 0.526 e. The van der Waals surface area contributed by atoms with Crippen LogP contribution in [0.5, 0.6) is 5.75 Å². The summed E-state index contributed by atoms with van der Waals surface area (Å²) in [5.74, 6) is -2.73. The van der Waals surface area contributed by atoms with Crippen molar-refractivity contribution in [3.05, 3.63) is 29.3 Å². The van der Waals surface area contributed by atoms with Crippen molar-refractivity contribution in [2.45, 2.75) is 44.7 Å². The van der Waals surface area contributed by atoms with Gasteiger partial charge in [-0.15, -0.1) is 0 Å². The van der Waals surface area contributed by atoms with Crippen molar-refractivity contribution in [3.63, 3.8) is 0 Å². The van der Waals surface area contributed by atoms with E-state index in [1.165, 1.54) is 6.92 Å². The van der Waals surface area contributed by atoms with Gasteiger partial charge in [-0.2, -0.15) is 0 Å². The number of amides is 4. The number of ketones is 1. The van der Waals surface area contributed by atoms with E-state index in [2.05, 4.69) is 5.32 Å². The van der Waals surface area contributed by atoms with Crippen LogP contribution in [0.1, 0.15) is 24.5 Å². The number of aliphatic hydroxyl groups is 1. The third kappa shape index (κ3) is 5.33. The highest BCUT2D eigenvalue weighted by molar-refractivity contribution is 6.46. The van der Waals surface area contributed by atoms with Gasteiger partial charge in [0.25, 0.3) is 0 Å². The summed E-state index contributed by atoms with van der Waals surface area (Å²) in [7, 11) is -1.24. The van der Waals surface area contributed by atoms with Crippen molar-refractivity contribution in [2.24, 2.45) is 0 Å². The molecule has 1 aromatic rings. The third-order valence-electron chi connectivity index (χ3n) is 5.90. The monoisotopic (exact) mass is 463 g/mol. The smallest absolute Gasteiger partial charge is 0.526 e. The van der Waals surface area contributed by atoms with Crippen molar-refractivity contribution in [1.29, 1.82) is 0 Å². The van der Waals surface area contributed by atoms with Crippen LogP contribution in [-0.2, 0) is 20.8 Å². The Morgan fingerprint density at radius 3 is 2.70 bits per heavy atom. The maximum atomic E-state index is 12.9. The number of imide groups is 1. The van der Waals surface area contributed by atoms with E-state index in [1.54, 1.807) is 0 Å². The molecule has 0 bridgehead atoms. The maximum absolute atomic E-state index is 12.9.